The van der Waals surface area contributed by atoms with Crippen LogP contribution in [0.3, 0.4) is 0 Å². The quantitative estimate of drug-likeness (QED) is 0.308. The van der Waals surface area contributed by atoms with Gasteiger partial charge < -0.3 is 10.1 Å². The fraction of sp³-hybridized carbons (Fsp3) is 0.0526. The molecule has 0 unspecified atom stereocenters. The Hall–Kier alpha value is -2.48. The number of para-hydroxylation sites is 1. The van der Waals surface area contributed by atoms with Crippen LogP contribution in [-0.4, -0.2) is 12.5 Å². The van der Waals surface area contributed by atoms with Crippen LogP contribution in [0.4, 0.5) is 5.69 Å². The van der Waals surface area contributed by atoms with E-state index in [1.165, 1.54) is 6.08 Å². The molecule has 0 saturated carbocycles. The van der Waals surface area contributed by atoms with Gasteiger partial charge in [-0.25, -0.2) is 0 Å². The van der Waals surface area contributed by atoms with Gasteiger partial charge in [-0.2, -0.15) is 5.26 Å². The minimum Gasteiger partial charge on any atom is -0.480 e. The summed E-state index contributed by atoms with van der Waals surface area (Å²) in [6, 6.07) is 14.0. The lowest BCUT2D eigenvalue weighted by molar-refractivity contribution is -0.112. The average Bonchev–Trinajstić information content (AvgIpc) is 2.60. The van der Waals surface area contributed by atoms with Gasteiger partial charge in [0.15, 0.2) is 0 Å². The number of halogens is 2. The zero-order valence-electron chi connectivity index (χ0n) is 12.9. The van der Waals surface area contributed by atoms with Gasteiger partial charge >= 0.3 is 0 Å². The predicted octanol–water partition coefficient (Wildman–Crippen LogP) is 4.50. The molecule has 0 aliphatic rings. The smallest absolute Gasteiger partial charge is 0.266 e. The van der Waals surface area contributed by atoms with Crippen molar-refractivity contribution in [3.8, 4) is 24.2 Å². The number of hydrogen-bond acceptors (Lipinski definition) is 3. The van der Waals surface area contributed by atoms with E-state index in [1.807, 2.05) is 6.07 Å². The number of carbonyl (C=O) groups is 1. The van der Waals surface area contributed by atoms with Crippen molar-refractivity contribution in [1.29, 1.82) is 5.26 Å². The summed E-state index contributed by atoms with van der Waals surface area (Å²) in [5.41, 5.74) is 1.11. The first-order valence-corrected chi connectivity index (χ1v) is 8.54. The van der Waals surface area contributed by atoms with Crippen LogP contribution in [0.15, 0.2) is 48.0 Å². The highest BCUT2D eigenvalue weighted by Gasteiger charge is 2.11. The van der Waals surface area contributed by atoms with E-state index in [-0.39, 0.29) is 12.2 Å². The molecular formula is C19H12ClIN2O2. The van der Waals surface area contributed by atoms with Gasteiger partial charge in [0.1, 0.15) is 24.0 Å². The van der Waals surface area contributed by atoms with Gasteiger partial charge in [0.25, 0.3) is 5.91 Å². The van der Waals surface area contributed by atoms with Crippen LogP contribution in [0, 0.1) is 27.2 Å². The second-order valence-electron chi connectivity index (χ2n) is 4.79. The Kier molecular flexibility index (Phi) is 6.88. The number of benzene rings is 2. The van der Waals surface area contributed by atoms with Crippen LogP contribution in [-0.2, 0) is 4.79 Å². The summed E-state index contributed by atoms with van der Waals surface area (Å²) in [4.78, 5) is 12.3. The molecule has 1 amide bonds. The van der Waals surface area contributed by atoms with Gasteiger partial charge in [-0.1, -0.05) is 35.7 Å². The van der Waals surface area contributed by atoms with Crippen LogP contribution in [0.5, 0.6) is 5.75 Å². The molecule has 4 nitrogen and oxygen atoms in total. The lowest BCUT2D eigenvalue weighted by Crippen LogP contribution is -2.13. The molecule has 0 aliphatic carbocycles. The molecule has 0 bridgehead atoms. The summed E-state index contributed by atoms with van der Waals surface area (Å²) in [6.45, 7) is 0.175. The highest BCUT2D eigenvalue weighted by Crippen LogP contribution is 2.24. The molecule has 2 aromatic carbocycles. The van der Waals surface area contributed by atoms with Crippen LogP contribution >= 0.6 is 34.2 Å². The zero-order chi connectivity index (χ0) is 18.2. The Morgan fingerprint density at radius 1 is 1.36 bits per heavy atom. The van der Waals surface area contributed by atoms with Gasteiger partial charge in [-0.15, -0.1) is 6.42 Å². The topological polar surface area (TPSA) is 62.1 Å². The summed E-state index contributed by atoms with van der Waals surface area (Å²) in [7, 11) is 0. The molecule has 2 rings (SSSR count). The number of anilines is 1. The van der Waals surface area contributed by atoms with Gasteiger partial charge in [-0.3, -0.25) is 4.79 Å². The number of amides is 1. The second-order valence-corrected chi connectivity index (χ2v) is 6.36. The summed E-state index contributed by atoms with van der Waals surface area (Å²) in [5.74, 6) is 2.52. The number of ether oxygens (including phenoxy) is 1. The first-order valence-electron chi connectivity index (χ1n) is 7.08. The van der Waals surface area contributed by atoms with E-state index in [4.69, 9.17) is 22.8 Å². The summed E-state index contributed by atoms with van der Waals surface area (Å²) >= 11 is 8.11. The van der Waals surface area contributed by atoms with Crippen LogP contribution in [0.25, 0.3) is 6.08 Å². The van der Waals surface area contributed by atoms with E-state index in [1.54, 1.807) is 42.5 Å². The summed E-state index contributed by atoms with van der Waals surface area (Å²) < 4.78 is 6.21. The van der Waals surface area contributed by atoms with E-state index >= 15 is 0 Å². The number of carbonyl (C=O) groups excluding carboxylic acids is 1. The number of nitrogens with zero attached hydrogens (tertiary/aromatic N) is 1. The molecule has 0 fully saturated rings. The first-order chi connectivity index (χ1) is 12.0. The zero-order valence-corrected chi connectivity index (χ0v) is 15.8. The second kappa shape index (κ2) is 9.12. The van der Waals surface area contributed by atoms with Crippen molar-refractivity contribution in [1.82, 2.24) is 0 Å². The third-order valence-electron chi connectivity index (χ3n) is 3.07. The predicted molar refractivity (Wildman–Crippen MR) is 107 cm³/mol. The number of hydrogen-bond donors (Lipinski definition) is 1. The largest absolute Gasteiger partial charge is 0.480 e. The Morgan fingerprint density at radius 2 is 2.12 bits per heavy atom. The van der Waals surface area contributed by atoms with Gasteiger partial charge in [0.05, 0.1) is 14.3 Å². The van der Waals surface area contributed by atoms with Gasteiger partial charge in [0, 0.05) is 0 Å². The molecule has 2 aromatic rings. The van der Waals surface area contributed by atoms with E-state index < -0.39 is 5.91 Å². The minimum absolute atomic E-state index is 0.0342. The minimum atomic E-state index is -0.529. The SMILES string of the molecule is C#CCOc1ccc(/C=C(\C#N)C(=O)Nc2ccccc2Cl)cc1I. The lowest BCUT2D eigenvalue weighted by Gasteiger charge is -2.07. The van der Waals surface area contributed by atoms with Crippen molar-refractivity contribution in [3.05, 3.63) is 62.2 Å². The average molecular weight is 463 g/mol. The highest BCUT2D eigenvalue weighted by molar-refractivity contribution is 14.1. The molecule has 0 spiro atoms. The Bertz CT molecular complexity index is 910. The van der Waals surface area contributed by atoms with Crippen molar-refractivity contribution in [2.75, 3.05) is 11.9 Å². The van der Waals surface area contributed by atoms with E-state index in [9.17, 15) is 10.1 Å². The van der Waals surface area contributed by atoms with Crippen molar-refractivity contribution in [3.63, 3.8) is 0 Å². The maximum Gasteiger partial charge on any atom is 0.266 e. The third-order valence-corrected chi connectivity index (χ3v) is 4.24. The van der Waals surface area contributed by atoms with Crippen molar-refractivity contribution >= 4 is 51.9 Å². The molecule has 1 N–H and O–H groups in total. The first kappa shape index (κ1) is 18.9. The maximum absolute atomic E-state index is 12.3. The van der Waals surface area contributed by atoms with E-state index in [0.717, 1.165) is 3.57 Å². The van der Waals surface area contributed by atoms with Gasteiger partial charge in [0.2, 0.25) is 0 Å². The normalized spacial score (nSPS) is 10.5. The van der Waals surface area contributed by atoms with Gasteiger partial charge in [-0.05, 0) is 58.5 Å². The molecule has 124 valence electrons. The van der Waals surface area contributed by atoms with Crippen LogP contribution in [0.1, 0.15) is 5.56 Å². The van der Waals surface area contributed by atoms with E-state index in [0.29, 0.717) is 22.0 Å². The molecular weight excluding hydrogens is 451 g/mol. The molecule has 0 saturated heterocycles. The molecule has 0 aliphatic heterocycles. The number of terminal acetylenes is 1. The monoisotopic (exact) mass is 462 g/mol. The molecule has 0 atom stereocenters. The highest BCUT2D eigenvalue weighted by atomic mass is 127. The molecule has 0 heterocycles. The number of nitriles is 1. The molecule has 0 radical (unpaired) electrons. The number of rotatable bonds is 5. The summed E-state index contributed by atoms with van der Waals surface area (Å²) in [5, 5.41) is 12.3. The molecule has 6 heteroatoms. The fourth-order valence-electron chi connectivity index (χ4n) is 1.91. The van der Waals surface area contributed by atoms with Crippen molar-refractivity contribution in [2.24, 2.45) is 0 Å². The van der Waals surface area contributed by atoms with Crippen LogP contribution < -0.4 is 10.1 Å². The number of nitrogens with one attached hydrogen (secondary N) is 1. The lowest BCUT2D eigenvalue weighted by atomic mass is 10.1. The third kappa shape index (κ3) is 5.25. The van der Waals surface area contributed by atoms with E-state index in [2.05, 4.69) is 33.8 Å². The Balaban J connectivity index is 2.21. The maximum atomic E-state index is 12.3. The van der Waals surface area contributed by atoms with Crippen molar-refractivity contribution in [2.45, 2.75) is 0 Å². The Labute approximate surface area is 164 Å². The standard InChI is InChI=1S/C19H12ClIN2O2/c1-2-9-25-18-8-7-13(11-16(18)21)10-14(12-22)19(24)23-17-6-4-3-5-15(17)20/h1,3-8,10-11H,9H2,(H,23,24)/b14-10+. The molecule has 25 heavy (non-hydrogen) atoms. The summed E-state index contributed by atoms with van der Waals surface area (Å²) in [6.07, 6.45) is 6.67. The van der Waals surface area contributed by atoms with Crippen molar-refractivity contribution < 1.29 is 9.53 Å². The fourth-order valence-corrected chi connectivity index (χ4v) is 2.79. The molecule has 0 aromatic heterocycles. The van der Waals surface area contributed by atoms with Crippen LogP contribution in [0.2, 0.25) is 5.02 Å². The Morgan fingerprint density at radius 3 is 2.76 bits per heavy atom.